The zero-order valence-corrected chi connectivity index (χ0v) is 9.59. The van der Waals surface area contributed by atoms with E-state index in [1.165, 1.54) is 25.7 Å². The molecule has 2 aliphatic rings. The highest BCUT2D eigenvalue weighted by Gasteiger charge is 2.39. The molecule has 0 amide bonds. The van der Waals surface area contributed by atoms with Crippen LogP contribution in [0.3, 0.4) is 0 Å². The van der Waals surface area contributed by atoms with Crippen LogP contribution in [0.1, 0.15) is 25.7 Å². The lowest BCUT2D eigenvalue weighted by atomic mass is 9.86. The summed E-state index contributed by atoms with van der Waals surface area (Å²) in [4.78, 5) is 0. The predicted octanol–water partition coefficient (Wildman–Crippen LogP) is 2.60. The Morgan fingerprint density at radius 3 is 3.00 bits per heavy atom. The first kappa shape index (κ1) is 8.77. The van der Waals surface area contributed by atoms with Crippen LogP contribution < -0.4 is 4.74 Å². The summed E-state index contributed by atoms with van der Waals surface area (Å²) in [6.45, 7) is 1.91. The number of halogens is 1. The molecule has 1 aliphatic carbocycles. The molecule has 2 heterocycles. The standard InChI is InChI=1S/C10H13BrN2O/c11-8-5-12-13-6-10(3-1-2-4-10)7-14-9(8)13/h5H,1-4,6-7H2. The number of rotatable bonds is 0. The van der Waals surface area contributed by atoms with E-state index < -0.39 is 0 Å². The molecule has 1 spiro atoms. The van der Waals surface area contributed by atoms with E-state index in [-0.39, 0.29) is 0 Å². The van der Waals surface area contributed by atoms with Crippen molar-refractivity contribution in [2.75, 3.05) is 6.61 Å². The maximum absolute atomic E-state index is 5.79. The molecular formula is C10H13BrN2O. The van der Waals surface area contributed by atoms with Crippen LogP contribution in [0.2, 0.25) is 0 Å². The van der Waals surface area contributed by atoms with E-state index in [1.807, 2.05) is 10.9 Å². The zero-order valence-electron chi connectivity index (χ0n) is 8.00. The lowest BCUT2D eigenvalue weighted by Gasteiger charge is -2.33. The van der Waals surface area contributed by atoms with Crippen molar-refractivity contribution in [2.45, 2.75) is 32.2 Å². The molecule has 0 N–H and O–H groups in total. The first-order valence-electron chi connectivity index (χ1n) is 5.13. The van der Waals surface area contributed by atoms with Crippen molar-refractivity contribution in [3.05, 3.63) is 10.7 Å². The molecule has 3 rings (SSSR count). The Morgan fingerprint density at radius 1 is 1.43 bits per heavy atom. The van der Waals surface area contributed by atoms with Gasteiger partial charge in [-0.1, -0.05) is 12.8 Å². The lowest BCUT2D eigenvalue weighted by molar-refractivity contribution is 0.0739. The fourth-order valence-corrected chi connectivity index (χ4v) is 3.03. The van der Waals surface area contributed by atoms with Crippen molar-refractivity contribution in [1.29, 1.82) is 0 Å². The van der Waals surface area contributed by atoms with Gasteiger partial charge in [0.15, 0.2) is 0 Å². The molecule has 1 aromatic heterocycles. The SMILES string of the molecule is Brc1cnn2c1OCC1(CCCC1)C2. The van der Waals surface area contributed by atoms with Gasteiger partial charge in [0.05, 0.1) is 23.8 Å². The maximum Gasteiger partial charge on any atom is 0.226 e. The first-order valence-corrected chi connectivity index (χ1v) is 5.93. The van der Waals surface area contributed by atoms with Gasteiger partial charge in [-0.3, -0.25) is 0 Å². The van der Waals surface area contributed by atoms with Gasteiger partial charge >= 0.3 is 0 Å². The summed E-state index contributed by atoms with van der Waals surface area (Å²) in [5.41, 5.74) is 0.387. The van der Waals surface area contributed by atoms with E-state index in [4.69, 9.17) is 4.74 Å². The molecule has 1 fully saturated rings. The van der Waals surface area contributed by atoms with Crippen molar-refractivity contribution in [3.8, 4) is 5.88 Å². The van der Waals surface area contributed by atoms with Crippen molar-refractivity contribution in [3.63, 3.8) is 0 Å². The molecule has 0 aromatic carbocycles. The van der Waals surface area contributed by atoms with Gasteiger partial charge in [0.1, 0.15) is 0 Å². The first-order chi connectivity index (χ1) is 6.79. The number of hydrogen-bond acceptors (Lipinski definition) is 2. The van der Waals surface area contributed by atoms with Crippen LogP contribution in [-0.2, 0) is 6.54 Å². The fourth-order valence-electron chi connectivity index (χ4n) is 2.62. The van der Waals surface area contributed by atoms with Crippen molar-refractivity contribution in [1.82, 2.24) is 9.78 Å². The number of ether oxygens (including phenoxy) is 1. The smallest absolute Gasteiger partial charge is 0.226 e. The highest BCUT2D eigenvalue weighted by Crippen LogP contribution is 2.44. The Bertz CT molecular complexity index is 355. The van der Waals surface area contributed by atoms with E-state index >= 15 is 0 Å². The molecule has 0 saturated heterocycles. The van der Waals surface area contributed by atoms with Crippen LogP contribution in [0.25, 0.3) is 0 Å². The molecule has 0 unspecified atom stereocenters. The van der Waals surface area contributed by atoms with Gasteiger partial charge in [0, 0.05) is 5.41 Å². The van der Waals surface area contributed by atoms with Gasteiger partial charge in [0.2, 0.25) is 5.88 Å². The second kappa shape index (κ2) is 2.99. The van der Waals surface area contributed by atoms with Crippen LogP contribution in [0.5, 0.6) is 5.88 Å². The van der Waals surface area contributed by atoms with E-state index in [0.29, 0.717) is 5.41 Å². The van der Waals surface area contributed by atoms with Gasteiger partial charge in [-0.2, -0.15) is 5.10 Å². The summed E-state index contributed by atoms with van der Waals surface area (Å²) in [5.74, 6) is 0.905. The topological polar surface area (TPSA) is 27.1 Å². The molecule has 4 heteroatoms. The molecule has 0 atom stereocenters. The van der Waals surface area contributed by atoms with Crippen LogP contribution in [-0.4, -0.2) is 16.4 Å². The number of hydrogen-bond donors (Lipinski definition) is 0. The van der Waals surface area contributed by atoms with Gasteiger partial charge < -0.3 is 4.74 Å². The number of aromatic nitrogens is 2. The molecule has 76 valence electrons. The van der Waals surface area contributed by atoms with Gasteiger partial charge in [-0.25, -0.2) is 4.68 Å². The average molecular weight is 257 g/mol. The largest absolute Gasteiger partial charge is 0.476 e. The normalized spacial score (nSPS) is 23.5. The Balaban J connectivity index is 1.93. The summed E-state index contributed by atoms with van der Waals surface area (Å²) in [6, 6.07) is 0. The summed E-state index contributed by atoms with van der Waals surface area (Å²) < 4.78 is 8.76. The maximum atomic E-state index is 5.79. The number of fused-ring (bicyclic) bond motifs is 1. The van der Waals surface area contributed by atoms with Crippen molar-refractivity contribution in [2.24, 2.45) is 5.41 Å². The van der Waals surface area contributed by atoms with E-state index in [2.05, 4.69) is 21.0 Å². The fraction of sp³-hybridized carbons (Fsp3) is 0.700. The molecule has 1 saturated carbocycles. The minimum absolute atomic E-state index is 0.387. The lowest BCUT2D eigenvalue weighted by Crippen LogP contribution is -2.35. The third kappa shape index (κ3) is 1.20. The number of nitrogens with zero attached hydrogens (tertiary/aromatic N) is 2. The quantitative estimate of drug-likeness (QED) is 0.714. The minimum Gasteiger partial charge on any atom is -0.476 e. The van der Waals surface area contributed by atoms with E-state index in [1.54, 1.807) is 0 Å². The molecule has 3 nitrogen and oxygen atoms in total. The minimum atomic E-state index is 0.387. The zero-order chi connectivity index (χ0) is 9.60. The van der Waals surface area contributed by atoms with E-state index in [9.17, 15) is 0 Å². The second-order valence-corrected chi connectivity index (χ2v) is 5.31. The molecular weight excluding hydrogens is 244 g/mol. The summed E-state index contributed by atoms with van der Waals surface area (Å²) in [7, 11) is 0. The predicted molar refractivity (Wildman–Crippen MR) is 56.3 cm³/mol. The van der Waals surface area contributed by atoms with Gasteiger partial charge in [-0.15, -0.1) is 0 Å². The molecule has 0 bridgehead atoms. The third-order valence-corrected chi connectivity index (χ3v) is 3.96. The Kier molecular flexibility index (Phi) is 1.87. The Labute approximate surface area is 91.6 Å². The average Bonchev–Trinajstić information content (AvgIpc) is 2.76. The Morgan fingerprint density at radius 2 is 2.21 bits per heavy atom. The van der Waals surface area contributed by atoms with Crippen molar-refractivity contribution < 1.29 is 4.74 Å². The summed E-state index contributed by atoms with van der Waals surface area (Å²) in [5, 5.41) is 4.32. The molecule has 14 heavy (non-hydrogen) atoms. The van der Waals surface area contributed by atoms with Crippen LogP contribution >= 0.6 is 15.9 Å². The summed E-state index contributed by atoms with van der Waals surface area (Å²) in [6.07, 6.45) is 7.11. The molecule has 1 aromatic rings. The third-order valence-electron chi connectivity index (χ3n) is 3.41. The van der Waals surface area contributed by atoms with Crippen molar-refractivity contribution >= 4 is 15.9 Å². The van der Waals surface area contributed by atoms with Gasteiger partial charge in [-0.05, 0) is 28.8 Å². The van der Waals surface area contributed by atoms with Gasteiger partial charge in [0.25, 0.3) is 0 Å². The summed E-state index contributed by atoms with van der Waals surface area (Å²) >= 11 is 3.44. The second-order valence-electron chi connectivity index (χ2n) is 4.45. The monoisotopic (exact) mass is 256 g/mol. The Hall–Kier alpha value is -0.510. The highest BCUT2D eigenvalue weighted by molar-refractivity contribution is 9.10. The van der Waals surface area contributed by atoms with E-state index in [0.717, 1.165) is 23.5 Å². The highest BCUT2D eigenvalue weighted by atomic mass is 79.9. The molecule has 1 aliphatic heterocycles. The molecule has 0 radical (unpaired) electrons. The van der Waals surface area contributed by atoms with Crippen LogP contribution in [0.4, 0.5) is 0 Å². The van der Waals surface area contributed by atoms with Crippen LogP contribution in [0, 0.1) is 5.41 Å². The van der Waals surface area contributed by atoms with Crippen LogP contribution in [0.15, 0.2) is 10.7 Å².